The number of rotatable bonds is 6. The van der Waals surface area contributed by atoms with Gasteiger partial charge in [-0.25, -0.2) is 0 Å². The summed E-state index contributed by atoms with van der Waals surface area (Å²) in [6.07, 6.45) is 0.163. The largest absolute Gasteiger partial charge is 0.480 e. The highest BCUT2D eigenvalue weighted by molar-refractivity contribution is 5.90. The number of carboxylic acid groups (broad SMARTS) is 1. The first-order chi connectivity index (χ1) is 9.35. The first kappa shape index (κ1) is 15.7. The number of benzene rings is 1. The van der Waals surface area contributed by atoms with Crippen LogP contribution >= 0.6 is 0 Å². The molecule has 6 heteroatoms. The molecule has 0 saturated heterocycles. The van der Waals surface area contributed by atoms with Gasteiger partial charge in [0.05, 0.1) is 11.6 Å². The number of anilines is 1. The maximum absolute atomic E-state index is 11.7. The van der Waals surface area contributed by atoms with E-state index in [0.717, 1.165) is 0 Å². The third-order valence-corrected chi connectivity index (χ3v) is 2.75. The Kier molecular flexibility index (Phi) is 5.23. The summed E-state index contributed by atoms with van der Waals surface area (Å²) in [7, 11) is 0. The quantitative estimate of drug-likeness (QED) is 0.727. The van der Waals surface area contributed by atoms with Crippen molar-refractivity contribution < 1.29 is 14.7 Å². The number of nitrogens with zero attached hydrogens (tertiary/aromatic N) is 1. The SMILES string of the molecule is CC(C)(NCCC(=O)Nc1ccc(C#N)cc1)C(=O)O. The fraction of sp³-hybridized carbons (Fsp3) is 0.357. The predicted octanol–water partition coefficient (Wildman–Crippen LogP) is 1.34. The third kappa shape index (κ3) is 4.71. The van der Waals surface area contributed by atoms with Gasteiger partial charge in [-0.05, 0) is 38.1 Å². The number of hydrogen-bond donors (Lipinski definition) is 3. The van der Waals surface area contributed by atoms with E-state index in [1.165, 1.54) is 13.8 Å². The Morgan fingerprint density at radius 3 is 2.40 bits per heavy atom. The number of nitriles is 1. The second kappa shape index (κ2) is 6.68. The van der Waals surface area contributed by atoms with Crippen LogP contribution in [0.2, 0.25) is 0 Å². The highest BCUT2D eigenvalue weighted by Crippen LogP contribution is 2.09. The number of carboxylic acids is 1. The maximum Gasteiger partial charge on any atom is 0.323 e. The second-order valence-electron chi connectivity index (χ2n) is 4.84. The monoisotopic (exact) mass is 275 g/mol. The van der Waals surface area contributed by atoms with Crippen LogP contribution in [-0.4, -0.2) is 29.1 Å². The molecule has 0 bridgehead atoms. The zero-order valence-electron chi connectivity index (χ0n) is 11.4. The van der Waals surface area contributed by atoms with Crippen LogP contribution in [0, 0.1) is 11.3 Å². The molecule has 106 valence electrons. The van der Waals surface area contributed by atoms with E-state index in [1.54, 1.807) is 24.3 Å². The molecule has 0 aliphatic heterocycles. The molecule has 1 rings (SSSR count). The van der Waals surface area contributed by atoms with Crippen LogP contribution in [0.15, 0.2) is 24.3 Å². The van der Waals surface area contributed by atoms with Gasteiger partial charge in [0.15, 0.2) is 0 Å². The number of aliphatic carboxylic acids is 1. The van der Waals surface area contributed by atoms with Gasteiger partial charge in [-0.2, -0.15) is 5.26 Å². The smallest absolute Gasteiger partial charge is 0.323 e. The maximum atomic E-state index is 11.7. The van der Waals surface area contributed by atoms with E-state index in [1.807, 2.05) is 6.07 Å². The number of carbonyl (C=O) groups is 2. The van der Waals surface area contributed by atoms with Crippen molar-refractivity contribution in [1.29, 1.82) is 5.26 Å². The standard InChI is InChI=1S/C14H17N3O3/c1-14(2,13(19)20)16-8-7-12(18)17-11-5-3-10(9-15)4-6-11/h3-6,16H,7-8H2,1-2H3,(H,17,18)(H,19,20). The minimum absolute atomic E-state index is 0.163. The van der Waals surface area contributed by atoms with Crippen molar-refractivity contribution in [3.8, 4) is 6.07 Å². The van der Waals surface area contributed by atoms with E-state index in [4.69, 9.17) is 10.4 Å². The lowest BCUT2D eigenvalue weighted by molar-refractivity contribution is -0.143. The Labute approximate surface area is 117 Å². The first-order valence-corrected chi connectivity index (χ1v) is 6.13. The summed E-state index contributed by atoms with van der Waals surface area (Å²) in [5.41, 5.74) is 0.0636. The van der Waals surface area contributed by atoms with E-state index in [-0.39, 0.29) is 18.9 Å². The summed E-state index contributed by atoms with van der Waals surface area (Å²) in [5.74, 6) is -1.19. The molecule has 0 saturated carbocycles. The van der Waals surface area contributed by atoms with Crippen LogP contribution in [0.4, 0.5) is 5.69 Å². The topological polar surface area (TPSA) is 102 Å². The van der Waals surface area contributed by atoms with Crippen molar-refractivity contribution >= 4 is 17.6 Å². The molecule has 0 heterocycles. The van der Waals surface area contributed by atoms with Gasteiger partial charge in [0, 0.05) is 18.7 Å². The Hall–Kier alpha value is -2.39. The fourth-order valence-corrected chi connectivity index (χ4v) is 1.42. The van der Waals surface area contributed by atoms with E-state index in [9.17, 15) is 9.59 Å². The number of nitrogens with one attached hydrogen (secondary N) is 2. The summed E-state index contributed by atoms with van der Waals surface area (Å²) in [4.78, 5) is 22.5. The molecule has 6 nitrogen and oxygen atoms in total. The first-order valence-electron chi connectivity index (χ1n) is 6.13. The molecule has 1 aromatic carbocycles. The van der Waals surface area contributed by atoms with Gasteiger partial charge in [0.25, 0.3) is 0 Å². The lowest BCUT2D eigenvalue weighted by Gasteiger charge is -2.20. The molecular weight excluding hydrogens is 258 g/mol. The van der Waals surface area contributed by atoms with E-state index in [0.29, 0.717) is 11.3 Å². The Morgan fingerprint density at radius 1 is 1.30 bits per heavy atom. The van der Waals surface area contributed by atoms with Crippen molar-refractivity contribution in [1.82, 2.24) is 5.32 Å². The summed E-state index contributed by atoms with van der Waals surface area (Å²) >= 11 is 0. The molecule has 0 aliphatic rings. The van der Waals surface area contributed by atoms with E-state index in [2.05, 4.69) is 10.6 Å². The van der Waals surface area contributed by atoms with Crippen LogP contribution in [0.3, 0.4) is 0 Å². The second-order valence-corrected chi connectivity index (χ2v) is 4.84. The Balaban J connectivity index is 2.41. The van der Waals surface area contributed by atoms with Gasteiger partial charge in [-0.15, -0.1) is 0 Å². The molecule has 0 fully saturated rings. The van der Waals surface area contributed by atoms with Crippen molar-refractivity contribution in [3.63, 3.8) is 0 Å². The molecule has 3 N–H and O–H groups in total. The van der Waals surface area contributed by atoms with Crippen LogP contribution in [0.1, 0.15) is 25.8 Å². The average molecular weight is 275 g/mol. The van der Waals surface area contributed by atoms with Crippen molar-refractivity contribution in [2.45, 2.75) is 25.8 Å². The summed E-state index contributed by atoms with van der Waals surface area (Å²) in [6, 6.07) is 8.50. The van der Waals surface area contributed by atoms with E-state index >= 15 is 0 Å². The molecule has 1 amide bonds. The number of carbonyl (C=O) groups excluding carboxylic acids is 1. The fourth-order valence-electron chi connectivity index (χ4n) is 1.42. The van der Waals surface area contributed by atoms with Gasteiger partial charge in [-0.1, -0.05) is 0 Å². The van der Waals surface area contributed by atoms with Crippen molar-refractivity contribution in [3.05, 3.63) is 29.8 Å². The number of amides is 1. The van der Waals surface area contributed by atoms with Gasteiger partial charge >= 0.3 is 5.97 Å². The molecular formula is C14H17N3O3. The van der Waals surface area contributed by atoms with Crippen molar-refractivity contribution in [2.24, 2.45) is 0 Å². The molecule has 0 atom stereocenters. The minimum atomic E-state index is -1.06. The van der Waals surface area contributed by atoms with Gasteiger partial charge < -0.3 is 15.7 Å². The zero-order chi connectivity index (χ0) is 15.2. The van der Waals surface area contributed by atoms with Crippen LogP contribution in [0.25, 0.3) is 0 Å². The minimum Gasteiger partial charge on any atom is -0.480 e. The molecule has 1 aromatic rings. The molecule has 0 aromatic heterocycles. The summed E-state index contributed by atoms with van der Waals surface area (Å²) in [6.45, 7) is 3.34. The molecule has 0 radical (unpaired) electrons. The normalized spacial score (nSPS) is 10.7. The lowest BCUT2D eigenvalue weighted by atomic mass is 10.1. The average Bonchev–Trinajstić information content (AvgIpc) is 2.39. The molecule has 0 spiro atoms. The third-order valence-electron chi connectivity index (χ3n) is 2.75. The van der Waals surface area contributed by atoms with Crippen LogP contribution in [0.5, 0.6) is 0 Å². The number of hydrogen-bond acceptors (Lipinski definition) is 4. The molecule has 0 unspecified atom stereocenters. The predicted molar refractivity (Wildman–Crippen MR) is 74.1 cm³/mol. The highest BCUT2D eigenvalue weighted by atomic mass is 16.4. The Morgan fingerprint density at radius 2 is 1.90 bits per heavy atom. The van der Waals surface area contributed by atoms with Crippen LogP contribution < -0.4 is 10.6 Å². The van der Waals surface area contributed by atoms with Gasteiger partial charge in [-0.3, -0.25) is 9.59 Å². The van der Waals surface area contributed by atoms with E-state index < -0.39 is 11.5 Å². The van der Waals surface area contributed by atoms with Gasteiger partial charge in [0.1, 0.15) is 5.54 Å². The van der Waals surface area contributed by atoms with Crippen LogP contribution in [-0.2, 0) is 9.59 Å². The lowest BCUT2D eigenvalue weighted by Crippen LogP contribution is -2.47. The molecule has 0 aliphatic carbocycles. The zero-order valence-corrected chi connectivity index (χ0v) is 11.4. The Bertz CT molecular complexity index is 530. The summed E-state index contributed by atoms with van der Waals surface area (Å²) < 4.78 is 0. The van der Waals surface area contributed by atoms with Crippen molar-refractivity contribution in [2.75, 3.05) is 11.9 Å². The highest BCUT2D eigenvalue weighted by Gasteiger charge is 2.25. The van der Waals surface area contributed by atoms with Gasteiger partial charge in [0.2, 0.25) is 5.91 Å². The molecule has 20 heavy (non-hydrogen) atoms. The summed E-state index contributed by atoms with van der Waals surface area (Å²) in [5, 5.41) is 23.0.